The number of aryl methyl sites for hydroxylation is 1. The van der Waals surface area contributed by atoms with Crippen molar-refractivity contribution in [2.45, 2.75) is 50.3 Å². The minimum absolute atomic E-state index is 0.0240. The molecular formula is C38H25F12NO2. The van der Waals surface area contributed by atoms with Gasteiger partial charge in [0.15, 0.2) is 29.1 Å². The fourth-order valence-electron chi connectivity index (χ4n) is 5.87. The Labute approximate surface area is 293 Å². The molecule has 1 unspecified atom stereocenters. The minimum Gasteiger partial charge on any atom is -0.428 e. The summed E-state index contributed by atoms with van der Waals surface area (Å²) in [5.41, 5.74) is -4.08. The van der Waals surface area contributed by atoms with Gasteiger partial charge in [0.25, 0.3) is 0 Å². The first-order chi connectivity index (χ1) is 24.8. The number of carbonyl (C=O) groups excluding carboxylic acids is 1. The number of Topliss-reactive ketones (excluding diaryl/α,β-unsaturated/α-hetero) is 1. The SMILES string of the molecule is Cc1ccc(C(=O)CC(Cc2ccc(F)c(F)c2)(c2cc(F)cc(OC(F)(F)C(F)F)c2)c2ccc(Cc3ccc(F)c(F)c3)cn2)cc1C(F)(F)F. The summed E-state index contributed by atoms with van der Waals surface area (Å²) in [5, 5.41) is 0. The molecule has 1 heterocycles. The van der Waals surface area contributed by atoms with E-state index in [1.54, 1.807) is 0 Å². The van der Waals surface area contributed by atoms with Crippen LogP contribution in [0.3, 0.4) is 0 Å². The molecule has 4 aromatic carbocycles. The zero-order valence-corrected chi connectivity index (χ0v) is 27.2. The molecule has 5 aromatic rings. The van der Waals surface area contributed by atoms with Gasteiger partial charge in [0.05, 0.1) is 11.3 Å². The van der Waals surface area contributed by atoms with Gasteiger partial charge in [0, 0.05) is 29.7 Å². The highest BCUT2D eigenvalue weighted by Gasteiger charge is 2.45. The van der Waals surface area contributed by atoms with Gasteiger partial charge in [-0.1, -0.05) is 30.3 Å². The summed E-state index contributed by atoms with van der Waals surface area (Å²) in [6, 6.07) is 12.7. The molecule has 0 aliphatic rings. The summed E-state index contributed by atoms with van der Waals surface area (Å²) in [5.74, 6) is -8.41. The molecular weight excluding hydrogens is 730 g/mol. The molecule has 1 aromatic heterocycles. The molecule has 0 spiro atoms. The van der Waals surface area contributed by atoms with Crippen LogP contribution in [-0.4, -0.2) is 23.3 Å². The van der Waals surface area contributed by atoms with E-state index in [1.165, 1.54) is 24.4 Å². The van der Waals surface area contributed by atoms with Crippen LogP contribution in [0.1, 0.15) is 55.9 Å². The second kappa shape index (κ2) is 15.0. The molecule has 0 amide bonds. The first kappa shape index (κ1) is 38.9. The van der Waals surface area contributed by atoms with Gasteiger partial charge in [-0.05, 0) is 96.1 Å². The Bertz CT molecular complexity index is 2130. The standard InChI is InChI=1S/C38H25F12NO2/c1-20-2-6-24(13-28(20)37(46,47)48)33(52)18-36(17-22-4-8-30(41)32(43)12-22,25-14-26(39)16-27(15-25)53-38(49,50)35(44)45)34-9-5-23(19-51-34)10-21-3-7-29(40)31(42)11-21/h2-9,11-16,19,35H,10,17-18H2,1H3. The summed E-state index contributed by atoms with van der Waals surface area (Å²) in [7, 11) is 0. The van der Waals surface area contributed by atoms with Crippen LogP contribution in [0.15, 0.2) is 91.1 Å². The van der Waals surface area contributed by atoms with Crippen LogP contribution in [0.25, 0.3) is 0 Å². The topological polar surface area (TPSA) is 39.2 Å². The van der Waals surface area contributed by atoms with Crippen molar-refractivity contribution >= 4 is 5.78 Å². The van der Waals surface area contributed by atoms with E-state index in [9.17, 15) is 53.1 Å². The van der Waals surface area contributed by atoms with E-state index in [1.807, 2.05) is 0 Å². The van der Waals surface area contributed by atoms with E-state index >= 15 is 4.39 Å². The minimum atomic E-state index is -5.13. The van der Waals surface area contributed by atoms with Crippen molar-refractivity contribution in [2.24, 2.45) is 0 Å². The molecule has 278 valence electrons. The predicted octanol–water partition coefficient (Wildman–Crippen LogP) is 10.7. The van der Waals surface area contributed by atoms with Crippen LogP contribution in [0.4, 0.5) is 52.7 Å². The number of alkyl halides is 7. The van der Waals surface area contributed by atoms with E-state index in [2.05, 4.69) is 9.72 Å². The maximum atomic E-state index is 15.3. The summed E-state index contributed by atoms with van der Waals surface area (Å²) in [4.78, 5) is 18.4. The number of hydrogen-bond acceptors (Lipinski definition) is 3. The molecule has 0 saturated heterocycles. The average Bonchev–Trinajstić information content (AvgIpc) is 3.07. The molecule has 53 heavy (non-hydrogen) atoms. The number of carbonyl (C=O) groups is 1. The Morgan fingerprint density at radius 2 is 1.34 bits per heavy atom. The normalized spacial score (nSPS) is 13.2. The smallest absolute Gasteiger partial charge is 0.428 e. The van der Waals surface area contributed by atoms with Crippen LogP contribution in [0.2, 0.25) is 0 Å². The third-order valence-electron chi connectivity index (χ3n) is 8.46. The molecule has 0 saturated carbocycles. The third kappa shape index (κ3) is 8.83. The number of hydrogen-bond donors (Lipinski definition) is 0. The molecule has 0 aliphatic heterocycles. The van der Waals surface area contributed by atoms with Crippen LogP contribution in [0, 0.1) is 36.0 Å². The number of benzene rings is 4. The molecule has 0 bridgehead atoms. The molecule has 0 fully saturated rings. The molecule has 1 atom stereocenters. The lowest BCUT2D eigenvalue weighted by atomic mass is 9.68. The molecule has 0 aliphatic carbocycles. The number of aromatic nitrogens is 1. The highest BCUT2D eigenvalue weighted by Crippen LogP contribution is 2.43. The largest absolute Gasteiger partial charge is 0.461 e. The second-order valence-electron chi connectivity index (χ2n) is 12.3. The Morgan fingerprint density at radius 1 is 0.717 bits per heavy atom. The summed E-state index contributed by atoms with van der Waals surface area (Å²) >= 11 is 0. The van der Waals surface area contributed by atoms with Gasteiger partial charge in [-0.2, -0.15) is 30.7 Å². The van der Waals surface area contributed by atoms with E-state index in [4.69, 9.17) is 0 Å². The van der Waals surface area contributed by atoms with Crippen molar-refractivity contribution in [1.29, 1.82) is 0 Å². The van der Waals surface area contributed by atoms with Gasteiger partial charge in [0.2, 0.25) is 0 Å². The maximum absolute atomic E-state index is 15.3. The van der Waals surface area contributed by atoms with Crippen molar-refractivity contribution < 1.29 is 62.2 Å². The number of pyridine rings is 1. The molecule has 0 radical (unpaired) electrons. The van der Waals surface area contributed by atoms with Gasteiger partial charge in [-0.15, -0.1) is 0 Å². The maximum Gasteiger partial charge on any atom is 0.461 e. The fourth-order valence-corrected chi connectivity index (χ4v) is 5.87. The second-order valence-corrected chi connectivity index (χ2v) is 12.3. The number of ether oxygens (including phenoxy) is 1. The van der Waals surface area contributed by atoms with Crippen LogP contribution < -0.4 is 4.74 Å². The zero-order valence-electron chi connectivity index (χ0n) is 27.2. The van der Waals surface area contributed by atoms with E-state index in [0.717, 1.165) is 37.3 Å². The first-order valence-corrected chi connectivity index (χ1v) is 15.5. The van der Waals surface area contributed by atoms with Crippen LogP contribution >= 0.6 is 0 Å². The summed E-state index contributed by atoms with van der Waals surface area (Å²) < 4.78 is 171. The van der Waals surface area contributed by atoms with Gasteiger partial charge < -0.3 is 4.74 Å². The molecule has 5 rings (SSSR count). The zero-order chi connectivity index (χ0) is 38.9. The Kier molecular flexibility index (Phi) is 11.0. The number of rotatable bonds is 12. The Balaban J connectivity index is 1.73. The quantitative estimate of drug-likeness (QED) is 0.0940. The van der Waals surface area contributed by atoms with Crippen LogP contribution in [-0.2, 0) is 24.4 Å². The average molecular weight is 756 g/mol. The number of nitrogens with zero attached hydrogens (tertiary/aromatic N) is 1. The number of ketones is 1. The third-order valence-corrected chi connectivity index (χ3v) is 8.46. The van der Waals surface area contributed by atoms with Crippen LogP contribution in [0.5, 0.6) is 5.75 Å². The Hall–Kier alpha value is -5.34. The summed E-state index contributed by atoms with van der Waals surface area (Å²) in [6.07, 6.45) is -14.7. The van der Waals surface area contributed by atoms with E-state index < -0.39 is 94.3 Å². The van der Waals surface area contributed by atoms with Crippen molar-refractivity contribution in [1.82, 2.24) is 4.98 Å². The summed E-state index contributed by atoms with van der Waals surface area (Å²) in [6.45, 7) is 1.15. The van der Waals surface area contributed by atoms with E-state index in [0.29, 0.717) is 47.5 Å². The lowest BCUT2D eigenvalue weighted by Crippen LogP contribution is -2.36. The van der Waals surface area contributed by atoms with Crippen molar-refractivity contribution in [3.8, 4) is 5.75 Å². The molecule has 15 heteroatoms. The predicted molar refractivity (Wildman–Crippen MR) is 167 cm³/mol. The Morgan fingerprint density at radius 3 is 1.92 bits per heavy atom. The lowest BCUT2D eigenvalue weighted by Gasteiger charge is -2.35. The van der Waals surface area contributed by atoms with Crippen molar-refractivity contribution in [3.63, 3.8) is 0 Å². The fraction of sp³-hybridized carbons (Fsp3) is 0.211. The highest BCUT2D eigenvalue weighted by molar-refractivity contribution is 5.97. The number of halogens is 12. The van der Waals surface area contributed by atoms with Gasteiger partial charge in [0.1, 0.15) is 11.6 Å². The van der Waals surface area contributed by atoms with Gasteiger partial charge in [-0.25, -0.2) is 22.0 Å². The first-order valence-electron chi connectivity index (χ1n) is 15.5. The van der Waals surface area contributed by atoms with E-state index in [-0.39, 0.29) is 23.2 Å². The van der Waals surface area contributed by atoms with Crippen molar-refractivity contribution in [2.75, 3.05) is 0 Å². The van der Waals surface area contributed by atoms with Crippen molar-refractivity contribution in [3.05, 3.63) is 165 Å². The van der Waals surface area contributed by atoms with Gasteiger partial charge in [-0.3, -0.25) is 9.78 Å². The molecule has 0 N–H and O–H groups in total. The molecule has 3 nitrogen and oxygen atoms in total. The monoisotopic (exact) mass is 755 g/mol. The lowest BCUT2D eigenvalue weighted by molar-refractivity contribution is -0.253. The van der Waals surface area contributed by atoms with Gasteiger partial charge >= 0.3 is 18.7 Å². The highest BCUT2D eigenvalue weighted by atomic mass is 19.4.